The van der Waals surface area contributed by atoms with Crippen LogP contribution in [0, 0.1) is 15.4 Å². The Kier molecular flexibility index (Phi) is 4.91. The highest BCUT2D eigenvalue weighted by Crippen LogP contribution is 2.57. The molecule has 3 aromatic rings. The van der Waals surface area contributed by atoms with Gasteiger partial charge in [0, 0.05) is 19.2 Å². The highest BCUT2D eigenvalue weighted by molar-refractivity contribution is 14.1. The van der Waals surface area contributed by atoms with E-state index in [-0.39, 0.29) is 11.1 Å². The second-order valence-electron chi connectivity index (χ2n) is 8.52. The molecular formula is C26H15BrINO5. The second kappa shape index (κ2) is 7.66. The van der Waals surface area contributed by atoms with Crippen LogP contribution < -0.4 is 4.90 Å². The molecule has 1 spiro atoms. The second-order valence-corrected chi connectivity index (χ2v) is 10.7. The van der Waals surface area contributed by atoms with Gasteiger partial charge in [0.05, 0.1) is 23.6 Å². The Labute approximate surface area is 216 Å². The van der Waals surface area contributed by atoms with E-state index in [2.05, 4.69) is 38.5 Å². The summed E-state index contributed by atoms with van der Waals surface area (Å²) in [6.45, 7) is 0. The van der Waals surface area contributed by atoms with Gasteiger partial charge in [-0.1, -0.05) is 52.3 Å². The molecule has 0 N–H and O–H groups in total. The van der Waals surface area contributed by atoms with Gasteiger partial charge in [-0.2, -0.15) is 0 Å². The van der Waals surface area contributed by atoms with Crippen molar-refractivity contribution >= 4 is 67.6 Å². The van der Waals surface area contributed by atoms with Gasteiger partial charge in [0.1, 0.15) is 0 Å². The van der Waals surface area contributed by atoms with Gasteiger partial charge in [-0.15, -0.1) is 0 Å². The first-order valence-electron chi connectivity index (χ1n) is 10.6. The molecule has 3 aromatic carbocycles. The Morgan fingerprint density at radius 3 is 2.09 bits per heavy atom. The number of amides is 2. The summed E-state index contributed by atoms with van der Waals surface area (Å²) in [6.07, 6.45) is -0.918. The van der Waals surface area contributed by atoms with Crippen LogP contribution in [0.25, 0.3) is 0 Å². The Bertz CT molecular complexity index is 1380. The lowest BCUT2D eigenvalue weighted by Crippen LogP contribution is -2.51. The van der Waals surface area contributed by atoms with Crippen LogP contribution in [-0.2, 0) is 14.3 Å². The van der Waals surface area contributed by atoms with Gasteiger partial charge in [0.15, 0.2) is 0 Å². The predicted octanol–water partition coefficient (Wildman–Crippen LogP) is 4.75. The van der Waals surface area contributed by atoms with E-state index in [1.807, 2.05) is 18.2 Å². The van der Waals surface area contributed by atoms with Gasteiger partial charge in [-0.3, -0.25) is 19.2 Å². The smallest absolute Gasteiger partial charge is 0.241 e. The van der Waals surface area contributed by atoms with Crippen LogP contribution >= 0.6 is 38.5 Å². The first-order valence-corrected chi connectivity index (χ1v) is 12.5. The maximum atomic E-state index is 13.8. The lowest BCUT2D eigenvalue weighted by molar-refractivity contribution is -0.127. The van der Waals surface area contributed by atoms with Crippen molar-refractivity contribution in [1.29, 1.82) is 0 Å². The van der Waals surface area contributed by atoms with E-state index in [4.69, 9.17) is 4.74 Å². The number of anilines is 1. The molecule has 2 saturated heterocycles. The third-order valence-corrected chi connectivity index (χ3v) is 7.98. The Balaban J connectivity index is 1.55. The summed E-state index contributed by atoms with van der Waals surface area (Å²) < 4.78 is 7.99. The number of ether oxygens (including phenoxy) is 1. The first kappa shape index (κ1) is 21.8. The van der Waals surface area contributed by atoms with E-state index < -0.39 is 46.9 Å². The number of hydrogen-bond acceptors (Lipinski definition) is 5. The van der Waals surface area contributed by atoms with Crippen molar-refractivity contribution in [2.24, 2.45) is 11.8 Å². The van der Waals surface area contributed by atoms with Gasteiger partial charge < -0.3 is 4.74 Å². The average molecular weight is 628 g/mol. The summed E-state index contributed by atoms with van der Waals surface area (Å²) in [6, 6.07) is 20.6. The van der Waals surface area contributed by atoms with E-state index >= 15 is 0 Å². The van der Waals surface area contributed by atoms with Crippen LogP contribution in [-0.4, -0.2) is 29.0 Å². The van der Waals surface area contributed by atoms with Crippen LogP contribution in [0.15, 0.2) is 77.3 Å². The summed E-state index contributed by atoms with van der Waals surface area (Å²) in [5.41, 5.74) is -0.584. The van der Waals surface area contributed by atoms with Crippen LogP contribution in [0.4, 0.5) is 5.69 Å². The van der Waals surface area contributed by atoms with Gasteiger partial charge in [0.2, 0.25) is 29.0 Å². The topological polar surface area (TPSA) is 80.8 Å². The molecule has 0 radical (unpaired) electrons. The fourth-order valence-electron chi connectivity index (χ4n) is 5.35. The van der Waals surface area contributed by atoms with Crippen molar-refractivity contribution in [1.82, 2.24) is 0 Å². The van der Waals surface area contributed by atoms with E-state index in [0.29, 0.717) is 11.3 Å². The minimum Gasteiger partial charge on any atom is -0.349 e. The Hall–Kier alpha value is -2.69. The number of benzene rings is 3. The highest BCUT2D eigenvalue weighted by Gasteiger charge is 2.74. The molecule has 2 amide bonds. The number of carbonyl (C=O) groups is 4. The third kappa shape index (κ3) is 2.82. The maximum Gasteiger partial charge on any atom is 0.241 e. The summed E-state index contributed by atoms with van der Waals surface area (Å²) in [5.74, 6) is -4.45. The standard InChI is InChI=1S/C26H15BrINO5/c27-14-8-10-16(11-9-14)29-24(32)19-20(25(29)33)26(34-21(19)13-4-3-5-15(28)12-13)22(30)17-6-1-2-7-18(17)23(26)31/h1-12,19-21H/t19-,20+,21-/m0/s1. The quantitative estimate of drug-likeness (QED) is 0.233. The van der Waals surface area contributed by atoms with Crippen LogP contribution in [0.1, 0.15) is 32.4 Å². The number of Topliss-reactive ketones (excluding diaryl/α,β-unsaturated/α-hetero) is 2. The monoisotopic (exact) mass is 627 g/mol. The molecule has 0 aromatic heterocycles. The molecule has 1 aliphatic carbocycles. The van der Waals surface area contributed by atoms with E-state index in [0.717, 1.165) is 12.9 Å². The van der Waals surface area contributed by atoms with Crippen molar-refractivity contribution in [3.63, 3.8) is 0 Å². The van der Waals surface area contributed by atoms with Crippen molar-refractivity contribution in [3.05, 3.63) is 97.5 Å². The van der Waals surface area contributed by atoms with Crippen LogP contribution in [0.5, 0.6) is 0 Å². The highest BCUT2D eigenvalue weighted by atomic mass is 127. The van der Waals surface area contributed by atoms with Crippen LogP contribution in [0.3, 0.4) is 0 Å². The van der Waals surface area contributed by atoms with Crippen LogP contribution in [0.2, 0.25) is 0 Å². The van der Waals surface area contributed by atoms with Crippen molar-refractivity contribution in [2.75, 3.05) is 4.90 Å². The molecule has 168 valence electrons. The molecule has 3 aliphatic rings. The molecule has 2 fully saturated rings. The van der Waals surface area contributed by atoms with Crippen molar-refractivity contribution < 1.29 is 23.9 Å². The normalized spacial score (nSPS) is 24.8. The average Bonchev–Trinajstić information content (AvgIpc) is 3.40. The minimum atomic E-state index is -2.06. The van der Waals surface area contributed by atoms with Gasteiger partial charge in [-0.25, -0.2) is 4.90 Å². The SMILES string of the molecule is O=C1[C@@H]2[C@H](c3cccc(I)c3)OC3(C(=O)c4ccccc4C3=O)[C@H]2C(=O)N1c1ccc(Br)cc1. The predicted molar refractivity (Wildman–Crippen MR) is 134 cm³/mol. The Morgan fingerprint density at radius 1 is 0.824 bits per heavy atom. The molecule has 0 bridgehead atoms. The summed E-state index contributed by atoms with van der Waals surface area (Å²) in [4.78, 5) is 56.1. The number of rotatable bonds is 2. The number of carbonyl (C=O) groups excluding carboxylic acids is 4. The molecule has 0 unspecified atom stereocenters. The molecule has 6 nitrogen and oxygen atoms in total. The largest absolute Gasteiger partial charge is 0.349 e. The molecule has 34 heavy (non-hydrogen) atoms. The number of halogens is 2. The minimum absolute atomic E-state index is 0.219. The molecule has 3 atom stereocenters. The van der Waals surface area contributed by atoms with Gasteiger partial charge in [-0.05, 0) is 64.6 Å². The maximum absolute atomic E-state index is 13.8. The summed E-state index contributed by atoms with van der Waals surface area (Å²) >= 11 is 5.51. The zero-order valence-electron chi connectivity index (χ0n) is 17.4. The number of ketones is 2. The fourth-order valence-corrected chi connectivity index (χ4v) is 6.18. The fraction of sp³-hybridized carbons (Fsp3) is 0.154. The number of nitrogens with zero attached hydrogens (tertiary/aromatic N) is 1. The van der Waals surface area contributed by atoms with E-state index in [1.165, 1.54) is 0 Å². The lowest BCUT2D eigenvalue weighted by atomic mass is 9.77. The number of imide groups is 1. The summed E-state index contributed by atoms with van der Waals surface area (Å²) in [7, 11) is 0. The number of fused-ring (bicyclic) bond motifs is 3. The number of hydrogen-bond donors (Lipinski definition) is 0. The third-order valence-electron chi connectivity index (χ3n) is 6.78. The van der Waals surface area contributed by atoms with E-state index in [1.54, 1.807) is 54.6 Å². The lowest BCUT2D eigenvalue weighted by Gasteiger charge is -2.27. The van der Waals surface area contributed by atoms with Crippen molar-refractivity contribution in [3.8, 4) is 0 Å². The van der Waals surface area contributed by atoms with Gasteiger partial charge in [0.25, 0.3) is 0 Å². The zero-order valence-corrected chi connectivity index (χ0v) is 21.1. The first-order chi connectivity index (χ1) is 16.3. The molecule has 2 heterocycles. The van der Waals surface area contributed by atoms with E-state index in [9.17, 15) is 19.2 Å². The molecule has 8 heteroatoms. The van der Waals surface area contributed by atoms with Crippen molar-refractivity contribution in [2.45, 2.75) is 11.7 Å². The zero-order chi connectivity index (χ0) is 23.8. The Morgan fingerprint density at radius 2 is 1.47 bits per heavy atom. The molecule has 0 saturated carbocycles. The molecule has 2 aliphatic heterocycles. The molecule has 6 rings (SSSR count). The summed E-state index contributed by atoms with van der Waals surface area (Å²) in [5, 5.41) is 0. The molecular weight excluding hydrogens is 613 g/mol. The van der Waals surface area contributed by atoms with Gasteiger partial charge >= 0.3 is 0 Å².